The first-order chi connectivity index (χ1) is 13.7. The second kappa shape index (κ2) is 7.89. The Morgan fingerprint density at radius 2 is 1.79 bits per heavy atom. The summed E-state index contributed by atoms with van der Waals surface area (Å²) in [6.07, 6.45) is 4.11. The van der Waals surface area contributed by atoms with Gasteiger partial charge < -0.3 is 10.1 Å². The maximum absolute atomic E-state index is 13.3. The van der Waals surface area contributed by atoms with Crippen LogP contribution in [0.15, 0.2) is 54.6 Å². The third kappa shape index (κ3) is 3.40. The van der Waals surface area contributed by atoms with Gasteiger partial charge in [-0.25, -0.2) is 0 Å². The number of nitrogens with one attached hydrogen (secondary N) is 1. The van der Waals surface area contributed by atoms with Crippen molar-refractivity contribution in [1.82, 2.24) is 15.1 Å². The minimum atomic E-state index is -0.306. The topological polar surface area (TPSA) is 56.1 Å². The molecular formula is C23H25N3O2. The van der Waals surface area contributed by atoms with Crippen molar-refractivity contribution in [1.29, 1.82) is 0 Å². The van der Waals surface area contributed by atoms with Gasteiger partial charge in [0.1, 0.15) is 11.4 Å². The van der Waals surface area contributed by atoms with Crippen LogP contribution in [0.4, 0.5) is 0 Å². The van der Waals surface area contributed by atoms with Gasteiger partial charge in [-0.15, -0.1) is 0 Å². The normalized spacial score (nSPS) is 14.2. The third-order valence-electron chi connectivity index (χ3n) is 5.39. The molecule has 0 spiro atoms. The SMILES string of the molecule is COc1ccccc1C(NC(=O)c1c2c(nn1C)CCCC2)c1ccccc1. The molecule has 0 radical (unpaired) electrons. The average molecular weight is 375 g/mol. The molecule has 144 valence electrons. The lowest BCUT2D eigenvalue weighted by Crippen LogP contribution is -2.32. The van der Waals surface area contributed by atoms with E-state index in [2.05, 4.69) is 10.4 Å². The minimum absolute atomic E-state index is 0.0992. The van der Waals surface area contributed by atoms with Gasteiger partial charge >= 0.3 is 0 Å². The summed E-state index contributed by atoms with van der Waals surface area (Å²) in [6.45, 7) is 0. The Morgan fingerprint density at radius 1 is 1.07 bits per heavy atom. The fourth-order valence-corrected chi connectivity index (χ4v) is 4.06. The zero-order chi connectivity index (χ0) is 19.5. The molecule has 0 saturated heterocycles. The Bertz CT molecular complexity index is 979. The van der Waals surface area contributed by atoms with Gasteiger partial charge in [-0.1, -0.05) is 48.5 Å². The molecule has 1 aliphatic rings. The quantitative estimate of drug-likeness (QED) is 0.737. The molecule has 2 aromatic carbocycles. The van der Waals surface area contributed by atoms with Crippen molar-refractivity contribution in [2.45, 2.75) is 31.7 Å². The van der Waals surface area contributed by atoms with Crippen LogP contribution in [-0.2, 0) is 19.9 Å². The number of benzene rings is 2. The number of hydrogen-bond acceptors (Lipinski definition) is 3. The maximum Gasteiger partial charge on any atom is 0.270 e. The Balaban J connectivity index is 1.73. The van der Waals surface area contributed by atoms with Crippen LogP contribution in [0.2, 0.25) is 0 Å². The number of rotatable bonds is 5. The molecular weight excluding hydrogens is 350 g/mol. The Morgan fingerprint density at radius 3 is 2.57 bits per heavy atom. The molecule has 3 aromatic rings. The van der Waals surface area contributed by atoms with Crippen LogP contribution in [-0.4, -0.2) is 22.8 Å². The number of fused-ring (bicyclic) bond motifs is 1. The number of para-hydroxylation sites is 1. The van der Waals surface area contributed by atoms with Gasteiger partial charge in [0.15, 0.2) is 0 Å². The number of carbonyl (C=O) groups excluding carboxylic acids is 1. The highest BCUT2D eigenvalue weighted by Gasteiger charge is 2.27. The van der Waals surface area contributed by atoms with Crippen LogP contribution in [0.3, 0.4) is 0 Å². The van der Waals surface area contributed by atoms with Crippen molar-refractivity contribution in [3.63, 3.8) is 0 Å². The molecule has 1 N–H and O–H groups in total. The molecule has 5 heteroatoms. The summed E-state index contributed by atoms with van der Waals surface area (Å²) in [5, 5.41) is 7.83. The summed E-state index contributed by atoms with van der Waals surface area (Å²) in [6, 6.07) is 17.5. The van der Waals surface area contributed by atoms with Gasteiger partial charge in [0, 0.05) is 18.2 Å². The van der Waals surface area contributed by atoms with E-state index < -0.39 is 0 Å². The molecule has 1 atom stereocenters. The van der Waals surface area contributed by atoms with Crippen LogP contribution < -0.4 is 10.1 Å². The predicted molar refractivity (Wildman–Crippen MR) is 109 cm³/mol. The fraction of sp³-hybridized carbons (Fsp3) is 0.304. The molecule has 1 unspecified atom stereocenters. The Hall–Kier alpha value is -3.08. The maximum atomic E-state index is 13.3. The van der Waals surface area contributed by atoms with E-state index in [-0.39, 0.29) is 11.9 Å². The van der Waals surface area contributed by atoms with Crippen molar-refractivity contribution in [3.8, 4) is 5.75 Å². The van der Waals surface area contributed by atoms with Crippen molar-refractivity contribution in [2.75, 3.05) is 7.11 Å². The predicted octanol–water partition coefficient (Wildman–Crippen LogP) is 3.83. The molecule has 1 aromatic heterocycles. The highest BCUT2D eigenvalue weighted by Crippen LogP contribution is 2.31. The van der Waals surface area contributed by atoms with Gasteiger partial charge in [-0.05, 0) is 37.3 Å². The summed E-state index contributed by atoms with van der Waals surface area (Å²) >= 11 is 0. The zero-order valence-electron chi connectivity index (χ0n) is 16.3. The summed E-state index contributed by atoms with van der Waals surface area (Å²) in [5.41, 5.74) is 4.77. The molecule has 0 fully saturated rings. The number of carbonyl (C=O) groups is 1. The summed E-state index contributed by atoms with van der Waals surface area (Å²) < 4.78 is 7.30. The van der Waals surface area contributed by atoms with Crippen LogP contribution in [0.1, 0.15) is 51.8 Å². The Labute approximate surface area is 165 Å². The van der Waals surface area contributed by atoms with E-state index in [1.165, 1.54) is 0 Å². The van der Waals surface area contributed by atoms with Crippen LogP contribution in [0.25, 0.3) is 0 Å². The third-order valence-corrected chi connectivity index (χ3v) is 5.39. The van der Waals surface area contributed by atoms with Crippen LogP contribution in [0.5, 0.6) is 5.75 Å². The number of methoxy groups -OCH3 is 1. The van der Waals surface area contributed by atoms with Crippen molar-refractivity contribution in [2.24, 2.45) is 7.05 Å². The summed E-state index contributed by atoms with van der Waals surface area (Å²) in [4.78, 5) is 13.3. The highest BCUT2D eigenvalue weighted by molar-refractivity contribution is 5.95. The first-order valence-electron chi connectivity index (χ1n) is 9.72. The number of aryl methyl sites for hydroxylation is 2. The van der Waals surface area contributed by atoms with Crippen molar-refractivity contribution >= 4 is 5.91 Å². The summed E-state index contributed by atoms with van der Waals surface area (Å²) in [5.74, 6) is 0.654. The molecule has 0 saturated carbocycles. The second-order valence-corrected chi connectivity index (χ2v) is 7.16. The number of ether oxygens (including phenoxy) is 1. The van der Waals surface area contributed by atoms with E-state index in [0.29, 0.717) is 5.69 Å². The second-order valence-electron chi connectivity index (χ2n) is 7.16. The van der Waals surface area contributed by atoms with Crippen molar-refractivity contribution in [3.05, 3.63) is 82.7 Å². The molecule has 1 aliphatic carbocycles. The smallest absolute Gasteiger partial charge is 0.270 e. The standard InChI is InChI=1S/C23H25N3O2/c1-26-22(17-12-6-8-14-19(17)25-26)23(27)24-21(16-10-4-3-5-11-16)18-13-7-9-15-20(18)28-2/h3-5,7,9-11,13,15,21H,6,8,12,14H2,1-2H3,(H,24,27). The lowest BCUT2D eigenvalue weighted by molar-refractivity contribution is 0.0932. The van der Waals surface area contributed by atoms with Gasteiger partial charge in [-0.2, -0.15) is 5.10 Å². The summed E-state index contributed by atoms with van der Waals surface area (Å²) in [7, 11) is 3.51. The van der Waals surface area contributed by atoms with E-state index in [9.17, 15) is 4.79 Å². The van der Waals surface area contributed by atoms with E-state index in [4.69, 9.17) is 4.74 Å². The van der Waals surface area contributed by atoms with Crippen molar-refractivity contribution < 1.29 is 9.53 Å². The first kappa shape index (κ1) is 18.3. The number of aromatic nitrogens is 2. The van der Waals surface area contributed by atoms with E-state index in [0.717, 1.165) is 53.8 Å². The van der Waals surface area contributed by atoms with Crippen LogP contribution >= 0.6 is 0 Å². The lowest BCUT2D eigenvalue weighted by Gasteiger charge is -2.22. The minimum Gasteiger partial charge on any atom is -0.496 e. The van der Waals surface area contributed by atoms with E-state index >= 15 is 0 Å². The lowest BCUT2D eigenvalue weighted by atomic mass is 9.94. The average Bonchev–Trinajstić information content (AvgIpc) is 3.08. The van der Waals surface area contributed by atoms with Crippen LogP contribution in [0, 0.1) is 0 Å². The highest BCUT2D eigenvalue weighted by atomic mass is 16.5. The largest absolute Gasteiger partial charge is 0.496 e. The van der Waals surface area contributed by atoms with E-state index in [1.807, 2.05) is 61.6 Å². The molecule has 5 nitrogen and oxygen atoms in total. The first-order valence-corrected chi connectivity index (χ1v) is 9.72. The monoisotopic (exact) mass is 375 g/mol. The fourth-order valence-electron chi connectivity index (χ4n) is 4.06. The molecule has 0 bridgehead atoms. The molecule has 1 heterocycles. The van der Waals surface area contributed by atoms with Gasteiger partial charge in [0.05, 0.1) is 18.8 Å². The van der Waals surface area contributed by atoms with Gasteiger partial charge in [0.2, 0.25) is 0 Å². The number of hydrogen-bond donors (Lipinski definition) is 1. The Kier molecular flexibility index (Phi) is 5.15. The molecule has 4 rings (SSSR count). The van der Waals surface area contributed by atoms with Gasteiger partial charge in [0.25, 0.3) is 5.91 Å². The van der Waals surface area contributed by atoms with Gasteiger partial charge in [-0.3, -0.25) is 9.48 Å². The molecule has 0 aliphatic heterocycles. The molecule has 1 amide bonds. The van der Waals surface area contributed by atoms with E-state index in [1.54, 1.807) is 11.8 Å². The zero-order valence-corrected chi connectivity index (χ0v) is 16.3. The number of amides is 1. The molecule has 28 heavy (non-hydrogen) atoms. The number of nitrogens with zero attached hydrogens (tertiary/aromatic N) is 2.